The fourth-order valence-electron chi connectivity index (χ4n) is 5.10. The molecule has 1 saturated heterocycles. The summed E-state index contributed by atoms with van der Waals surface area (Å²) in [5.41, 5.74) is 3.48. The minimum atomic E-state index is -0.521. The topological polar surface area (TPSA) is 94.7 Å². The molecule has 2 N–H and O–H groups in total. The summed E-state index contributed by atoms with van der Waals surface area (Å²) in [4.78, 5) is 6.97. The Morgan fingerprint density at radius 2 is 1.85 bits per heavy atom. The van der Waals surface area contributed by atoms with E-state index in [0.717, 1.165) is 43.2 Å². The van der Waals surface area contributed by atoms with Gasteiger partial charge in [-0.2, -0.15) is 5.26 Å². The molecule has 1 aliphatic carbocycles. The Hall–Kier alpha value is -3.45. The lowest BCUT2D eigenvalue weighted by atomic mass is 10.1. The quantitative estimate of drug-likeness (QED) is 0.250. The monoisotopic (exact) mass is 564 g/mol. The second kappa shape index (κ2) is 11.0. The summed E-state index contributed by atoms with van der Waals surface area (Å²) in [6.07, 6.45) is 8.43. The molecular weight excluding hydrogens is 538 g/mol. The van der Waals surface area contributed by atoms with Crippen molar-refractivity contribution in [3.63, 3.8) is 0 Å². The molecule has 0 bridgehead atoms. The molecule has 0 spiro atoms. The molecule has 2 aromatic carbocycles. The number of nitriles is 1. The number of rotatable bonds is 8. The van der Waals surface area contributed by atoms with Gasteiger partial charge < -0.3 is 15.5 Å². The molecule has 0 radical (unpaired) electrons. The number of hydrogen-bond acceptors (Lipinski definition) is 7. The third kappa shape index (κ3) is 5.78. The zero-order valence-electron chi connectivity index (χ0n) is 21.2. The molecule has 3 heterocycles. The van der Waals surface area contributed by atoms with Crippen LogP contribution in [0.2, 0.25) is 10.0 Å². The number of anilines is 3. The largest absolute Gasteiger partial charge is 0.379 e. The van der Waals surface area contributed by atoms with Crippen molar-refractivity contribution in [3.8, 4) is 6.07 Å². The highest BCUT2D eigenvalue weighted by Gasteiger charge is 2.28. The summed E-state index contributed by atoms with van der Waals surface area (Å²) in [5, 5.41) is 26.1. The van der Waals surface area contributed by atoms with Crippen molar-refractivity contribution < 1.29 is 4.39 Å². The van der Waals surface area contributed by atoms with Crippen molar-refractivity contribution in [2.45, 2.75) is 38.3 Å². The van der Waals surface area contributed by atoms with E-state index in [1.807, 2.05) is 16.9 Å². The van der Waals surface area contributed by atoms with Crippen molar-refractivity contribution in [2.24, 2.45) is 5.92 Å². The number of benzene rings is 2. The highest BCUT2D eigenvalue weighted by molar-refractivity contribution is 6.36. The Morgan fingerprint density at radius 1 is 1.05 bits per heavy atom. The number of aromatic nitrogens is 4. The Balaban J connectivity index is 1.18. The third-order valence-electron chi connectivity index (χ3n) is 7.41. The van der Waals surface area contributed by atoms with Crippen molar-refractivity contribution in [3.05, 3.63) is 69.8 Å². The van der Waals surface area contributed by atoms with Gasteiger partial charge in [-0.05, 0) is 61.9 Å². The molecule has 1 aliphatic heterocycles. The second-order valence-electron chi connectivity index (χ2n) is 10.3. The first-order valence-corrected chi connectivity index (χ1v) is 13.8. The summed E-state index contributed by atoms with van der Waals surface area (Å²) in [6.45, 7) is 3.94. The molecule has 39 heavy (non-hydrogen) atoms. The third-order valence-corrected chi connectivity index (χ3v) is 7.99. The van der Waals surface area contributed by atoms with Crippen LogP contribution in [0, 0.1) is 23.1 Å². The van der Waals surface area contributed by atoms with E-state index in [2.05, 4.69) is 36.9 Å². The van der Waals surface area contributed by atoms with Crippen LogP contribution in [0.15, 0.2) is 42.7 Å². The number of nitrogens with one attached hydrogen (secondary N) is 2. The van der Waals surface area contributed by atoms with E-state index >= 15 is 0 Å². The fraction of sp³-hybridized carbons (Fsp3) is 0.357. The zero-order chi connectivity index (χ0) is 26.9. The van der Waals surface area contributed by atoms with Crippen molar-refractivity contribution in [2.75, 3.05) is 30.3 Å². The molecule has 1 saturated carbocycles. The lowest BCUT2D eigenvalue weighted by Crippen LogP contribution is -2.36. The average Bonchev–Trinajstić information content (AvgIpc) is 3.63. The highest BCUT2D eigenvalue weighted by atomic mass is 35.5. The van der Waals surface area contributed by atoms with Gasteiger partial charge in [0, 0.05) is 42.6 Å². The normalized spacial score (nSPS) is 16.4. The number of nitrogens with zero attached hydrogens (tertiary/aromatic N) is 6. The van der Waals surface area contributed by atoms with Crippen molar-refractivity contribution in [1.29, 1.82) is 5.26 Å². The van der Waals surface area contributed by atoms with Gasteiger partial charge in [-0.3, -0.25) is 4.98 Å². The van der Waals surface area contributed by atoms with E-state index < -0.39 is 5.82 Å². The summed E-state index contributed by atoms with van der Waals surface area (Å²) in [7, 11) is 0. The average molecular weight is 565 g/mol. The van der Waals surface area contributed by atoms with Gasteiger partial charge >= 0.3 is 0 Å². The Bertz CT molecular complexity index is 1550. The minimum absolute atomic E-state index is 0.0193. The van der Waals surface area contributed by atoms with Crippen molar-refractivity contribution >= 4 is 51.2 Å². The molecule has 200 valence electrons. The van der Waals surface area contributed by atoms with Gasteiger partial charge in [-0.15, -0.1) is 5.10 Å². The molecule has 4 aromatic rings. The molecular formula is C28H27Cl2FN8. The Labute approximate surface area is 235 Å². The van der Waals surface area contributed by atoms with E-state index in [0.29, 0.717) is 45.5 Å². The maximum absolute atomic E-state index is 13.7. The van der Waals surface area contributed by atoms with Gasteiger partial charge in [0.15, 0.2) is 0 Å². The summed E-state index contributed by atoms with van der Waals surface area (Å²) in [5.74, 6) is 0.401. The van der Waals surface area contributed by atoms with Crippen LogP contribution in [0.1, 0.15) is 43.0 Å². The Kier molecular flexibility index (Phi) is 7.26. The van der Waals surface area contributed by atoms with Crippen LogP contribution < -0.4 is 10.6 Å². The molecule has 8 nitrogen and oxygen atoms in total. The molecule has 0 atom stereocenters. The van der Waals surface area contributed by atoms with Crippen LogP contribution in [0.3, 0.4) is 0 Å². The van der Waals surface area contributed by atoms with Crippen molar-refractivity contribution in [1.82, 2.24) is 24.9 Å². The minimum Gasteiger partial charge on any atom is -0.379 e. The maximum Gasteiger partial charge on any atom is 0.141 e. The van der Waals surface area contributed by atoms with E-state index in [-0.39, 0.29) is 5.02 Å². The van der Waals surface area contributed by atoms with Gasteiger partial charge in [0.1, 0.15) is 17.6 Å². The summed E-state index contributed by atoms with van der Waals surface area (Å²) < 4.78 is 15.7. The van der Waals surface area contributed by atoms with Crippen LogP contribution in [0.25, 0.3) is 10.9 Å². The first-order chi connectivity index (χ1) is 19.0. The summed E-state index contributed by atoms with van der Waals surface area (Å²) >= 11 is 12.6. The van der Waals surface area contributed by atoms with Crippen LogP contribution in [-0.4, -0.2) is 44.5 Å². The number of piperidine rings is 1. The first-order valence-electron chi connectivity index (χ1n) is 13.1. The molecule has 0 amide bonds. The summed E-state index contributed by atoms with van der Waals surface area (Å²) in [6, 6.07) is 10.5. The van der Waals surface area contributed by atoms with E-state index in [1.54, 1.807) is 12.1 Å². The lowest BCUT2D eigenvalue weighted by molar-refractivity contribution is 0.173. The molecule has 2 fully saturated rings. The van der Waals surface area contributed by atoms with Gasteiger partial charge in [0.2, 0.25) is 0 Å². The molecule has 2 aromatic heterocycles. The van der Waals surface area contributed by atoms with Gasteiger partial charge in [-0.25, -0.2) is 9.07 Å². The van der Waals surface area contributed by atoms with Crippen LogP contribution in [0.5, 0.6) is 0 Å². The SMILES string of the molecule is N#Cc1cnc2c(Cl)cc(NCc3cn(C4CCN(CC5CC5)CC4)nn3)cc2c1Nc1ccc(F)c(Cl)c1. The van der Waals surface area contributed by atoms with Crippen LogP contribution in [-0.2, 0) is 6.54 Å². The molecule has 6 rings (SSSR count). The maximum atomic E-state index is 13.7. The number of hydrogen-bond donors (Lipinski definition) is 2. The zero-order valence-corrected chi connectivity index (χ0v) is 22.7. The van der Waals surface area contributed by atoms with Crippen LogP contribution in [0.4, 0.5) is 21.5 Å². The van der Waals surface area contributed by atoms with Gasteiger partial charge in [0.05, 0.1) is 45.6 Å². The van der Waals surface area contributed by atoms with E-state index in [1.165, 1.54) is 37.7 Å². The van der Waals surface area contributed by atoms with E-state index in [4.69, 9.17) is 23.2 Å². The molecule has 2 aliphatic rings. The lowest BCUT2D eigenvalue weighted by Gasteiger charge is -2.31. The molecule has 11 heteroatoms. The van der Waals surface area contributed by atoms with Gasteiger partial charge in [-0.1, -0.05) is 28.4 Å². The number of likely N-dealkylation sites (tertiary alicyclic amines) is 1. The number of fused-ring (bicyclic) bond motifs is 1. The number of halogens is 3. The fourth-order valence-corrected chi connectivity index (χ4v) is 5.55. The van der Waals surface area contributed by atoms with E-state index in [9.17, 15) is 9.65 Å². The molecule has 0 unspecified atom stereocenters. The second-order valence-corrected chi connectivity index (χ2v) is 11.1. The highest BCUT2D eigenvalue weighted by Crippen LogP contribution is 2.36. The first kappa shape index (κ1) is 25.8. The van der Waals surface area contributed by atoms with Gasteiger partial charge in [0.25, 0.3) is 0 Å². The smallest absolute Gasteiger partial charge is 0.141 e. The predicted octanol–water partition coefficient (Wildman–Crippen LogP) is 6.55. The Morgan fingerprint density at radius 3 is 2.59 bits per heavy atom. The van der Waals surface area contributed by atoms with Crippen LogP contribution >= 0.6 is 23.2 Å². The number of pyridine rings is 1. The standard InChI is InChI=1S/C28H27Cl2FN8/c29-24-10-19(3-4-26(24)31)35-27-18(12-32)13-34-28-23(27)9-20(11-25(28)30)33-14-21-16-39(37-36-21)22-5-7-38(8-6-22)15-17-1-2-17/h3-4,9-11,13,16-17,22,33H,1-2,5-8,14-15H2,(H,34,35). The predicted molar refractivity (Wildman–Crippen MR) is 151 cm³/mol.